The minimum Gasteiger partial charge on any atom is -0.459 e. The molecule has 1 heterocycles. The average Bonchev–Trinajstić information content (AvgIpc) is 3.13. The van der Waals surface area contributed by atoms with Crippen LogP contribution in [0.1, 0.15) is 17.0 Å². The number of fused-ring (bicyclic) bond motifs is 5. The van der Waals surface area contributed by atoms with Crippen LogP contribution in [-0.4, -0.2) is 37.4 Å². The van der Waals surface area contributed by atoms with Crippen LogP contribution in [0, 0.1) is 5.92 Å². The number of anilines is 2. The van der Waals surface area contributed by atoms with Crippen molar-refractivity contribution in [3.05, 3.63) is 174 Å². The van der Waals surface area contributed by atoms with Crippen molar-refractivity contribution in [2.24, 2.45) is 5.92 Å². The van der Waals surface area contributed by atoms with E-state index in [0.717, 1.165) is 56.0 Å². The van der Waals surface area contributed by atoms with Gasteiger partial charge in [0.25, 0.3) is 10.1 Å². The van der Waals surface area contributed by atoms with Gasteiger partial charge in [-0.25, -0.2) is 0 Å². The standard InChI is InChI=1S/C41H32N2O4S/c1-42(29-11-5-3-6-12-29)31-19-23-33-27(25-31)17-21-36-39(35-15-9-10-16-38(35)48(44,45)46)37-22-18-28-26-32(43(2)30-13-7-4-8-14-30)20-24-34(28)41(37)47-40(33)36/h3-26,36,39H,1-2H3/p+1. The molecule has 5 aromatic rings. The van der Waals surface area contributed by atoms with Gasteiger partial charge >= 0.3 is 0 Å². The molecule has 2 aliphatic carbocycles. The summed E-state index contributed by atoms with van der Waals surface area (Å²) in [5.74, 6) is 0.720. The number of hydrogen-bond acceptors (Lipinski definition) is 4. The highest BCUT2D eigenvalue weighted by atomic mass is 32.2. The van der Waals surface area contributed by atoms with Gasteiger partial charge in [0, 0.05) is 71.1 Å². The summed E-state index contributed by atoms with van der Waals surface area (Å²) < 4.78 is 44.8. The van der Waals surface area contributed by atoms with Crippen LogP contribution in [0.2, 0.25) is 0 Å². The lowest BCUT2D eigenvalue weighted by molar-refractivity contribution is -0.403. The van der Waals surface area contributed by atoms with Crippen molar-refractivity contribution in [2.75, 3.05) is 19.0 Å². The molecule has 6 nitrogen and oxygen atoms in total. The molecule has 0 bridgehead atoms. The second-order valence-electron chi connectivity index (χ2n) is 12.3. The molecule has 1 aliphatic heterocycles. The fourth-order valence-electron chi connectivity index (χ4n) is 7.09. The van der Waals surface area contributed by atoms with Crippen LogP contribution < -0.4 is 9.64 Å². The third-order valence-electron chi connectivity index (χ3n) is 9.57. The Morgan fingerprint density at radius 1 is 0.771 bits per heavy atom. The largest absolute Gasteiger partial charge is 0.459 e. The number of nitrogens with zero attached hydrogens (tertiary/aromatic N) is 2. The molecule has 48 heavy (non-hydrogen) atoms. The van der Waals surface area contributed by atoms with Gasteiger partial charge in [0.05, 0.1) is 4.90 Å². The van der Waals surface area contributed by atoms with E-state index in [1.165, 1.54) is 6.07 Å². The number of rotatable bonds is 5. The van der Waals surface area contributed by atoms with Crippen molar-refractivity contribution in [1.82, 2.24) is 0 Å². The van der Waals surface area contributed by atoms with Gasteiger partial charge < -0.3 is 9.64 Å². The lowest BCUT2D eigenvalue weighted by Crippen LogP contribution is -2.29. The number of hydrogen-bond donors (Lipinski definition) is 1. The van der Waals surface area contributed by atoms with E-state index in [4.69, 9.17) is 4.74 Å². The number of para-hydroxylation sites is 2. The molecule has 0 radical (unpaired) electrons. The quantitative estimate of drug-likeness (QED) is 0.152. The minimum absolute atomic E-state index is 0.0961. The highest BCUT2D eigenvalue weighted by Crippen LogP contribution is 2.53. The number of benzene rings is 5. The molecule has 2 unspecified atom stereocenters. The minimum atomic E-state index is -4.49. The van der Waals surface area contributed by atoms with Crippen molar-refractivity contribution in [3.63, 3.8) is 0 Å². The highest BCUT2D eigenvalue weighted by molar-refractivity contribution is 7.85. The van der Waals surface area contributed by atoms with Crippen molar-refractivity contribution in [3.8, 4) is 5.75 Å². The second kappa shape index (κ2) is 11.6. The maximum Gasteiger partial charge on any atom is 0.294 e. The SMILES string of the molecule is CN(c1ccccc1)c1ccc2c3c(ccc2c1)C(c1ccccc1S(=O)(=O)O)C1C=CC2=CC(=[N+](C)c4ccccc4)C=CC2=C1O3. The molecule has 0 fully saturated rings. The molecule has 0 saturated carbocycles. The van der Waals surface area contributed by atoms with E-state index < -0.39 is 16.0 Å². The fourth-order valence-corrected chi connectivity index (χ4v) is 7.84. The number of ether oxygens (including phenoxy) is 1. The summed E-state index contributed by atoms with van der Waals surface area (Å²) in [6, 6.07) is 37.5. The van der Waals surface area contributed by atoms with Crippen molar-refractivity contribution in [1.29, 1.82) is 0 Å². The lowest BCUT2D eigenvalue weighted by atomic mass is 9.73. The fraction of sp³-hybridized carbons (Fsp3) is 0.0976. The first-order chi connectivity index (χ1) is 23.3. The molecule has 0 aromatic heterocycles. The molecule has 7 heteroatoms. The Morgan fingerprint density at radius 3 is 2.27 bits per heavy atom. The van der Waals surface area contributed by atoms with Gasteiger partial charge in [-0.15, -0.1) is 0 Å². The average molecular weight is 650 g/mol. The zero-order valence-corrected chi connectivity index (χ0v) is 27.3. The molecule has 5 aromatic carbocycles. The second-order valence-corrected chi connectivity index (χ2v) is 13.7. The van der Waals surface area contributed by atoms with E-state index in [9.17, 15) is 13.0 Å². The summed E-state index contributed by atoms with van der Waals surface area (Å²) >= 11 is 0. The summed E-state index contributed by atoms with van der Waals surface area (Å²) in [5, 5.41) is 1.93. The van der Waals surface area contributed by atoms with Crippen molar-refractivity contribution >= 4 is 43.7 Å². The summed E-state index contributed by atoms with van der Waals surface area (Å²) in [4.78, 5) is 2.04. The monoisotopic (exact) mass is 649 g/mol. The maximum absolute atomic E-state index is 12.7. The zero-order chi connectivity index (χ0) is 33.0. The highest BCUT2D eigenvalue weighted by Gasteiger charge is 2.41. The van der Waals surface area contributed by atoms with Crippen LogP contribution >= 0.6 is 0 Å². The van der Waals surface area contributed by atoms with Crippen LogP contribution in [0.4, 0.5) is 17.1 Å². The molecule has 1 N–H and O–H groups in total. The van der Waals surface area contributed by atoms with Crippen LogP contribution in [0.25, 0.3) is 10.8 Å². The first-order valence-corrected chi connectivity index (χ1v) is 17.3. The summed E-state index contributed by atoms with van der Waals surface area (Å²) in [6.07, 6.45) is 10.5. The molecule has 8 rings (SSSR count). The molecule has 3 aliphatic rings. The maximum atomic E-state index is 12.7. The van der Waals surface area contributed by atoms with E-state index in [-0.39, 0.29) is 10.8 Å². The Balaban J connectivity index is 1.31. The first-order valence-electron chi connectivity index (χ1n) is 15.9. The van der Waals surface area contributed by atoms with E-state index in [2.05, 4.69) is 88.4 Å². The normalized spacial score (nSPS) is 19.2. The lowest BCUT2D eigenvalue weighted by Gasteiger charge is -2.38. The van der Waals surface area contributed by atoms with Gasteiger partial charge in [-0.05, 0) is 59.0 Å². The molecule has 0 amide bonds. The third-order valence-corrected chi connectivity index (χ3v) is 10.5. The Kier molecular flexibility index (Phi) is 7.24. The molecule has 236 valence electrons. The van der Waals surface area contributed by atoms with E-state index in [0.29, 0.717) is 11.3 Å². The van der Waals surface area contributed by atoms with Crippen LogP contribution in [0.5, 0.6) is 5.75 Å². The smallest absolute Gasteiger partial charge is 0.294 e. The summed E-state index contributed by atoms with van der Waals surface area (Å²) in [6.45, 7) is 0. The van der Waals surface area contributed by atoms with Crippen molar-refractivity contribution in [2.45, 2.75) is 10.8 Å². The van der Waals surface area contributed by atoms with E-state index >= 15 is 0 Å². The summed E-state index contributed by atoms with van der Waals surface area (Å²) in [5.41, 5.74) is 7.58. The Labute approximate surface area is 280 Å². The Hall–Kier alpha value is -5.50. The molecule has 2 atom stereocenters. The molecular formula is C41H33N2O4S+. The molecule has 0 saturated heterocycles. The molecule has 0 spiro atoms. The predicted molar refractivity (Wildman–Crippen MR) is 191 cm³/mol. The van der Waals surface area contributed by atoms with E-state index in [1.807, 2.05) is 62.6 Å². The van der Waals surface area contributed by atoms with Gasteiger partial charge in [0.2, 0.25) is 11.4 Å². The topological polar surface area (TPSA) is 69.8 Å². The van der Waals surface area contributed by atoms with Gasteiger partial charge in [-0.3, -0.25) is 4.55 Å². The zero-order valence-electron chi connectivity index (χ0n) is 26.5. The predicted octanol–water partition coefficient (Wildman–Crippen LogP) is 8.73. The van der Waals surface area contributed by atoms with Gasteiger partial charge in [0.1, 0.15) is 18.6 Å². The van der Waals surface area contributed by atoms with Crippen LogP contribution in [-0.2, 0) is 10.1 Å². The van der Waals surface area contributed by atoms with Crippen LogP contribution in [0.15, 0.2) is 167 Å². The van der Waals surface area contributed by atoms with Gasteiger partial charge in [-0.2, -0.15) is 13.0 Å². The van der Waals surface area contributed by atoms with E-state index in [1.54, 1.807) is 12.1 Å². The first kappa shape index (κ1) is 29.9. The Bertz CT molecular complexity index is 2370. The molecular weight excluding hydrogens is 617 g/mol. The Morgan fingerprint density at radius 2 is 1.50 bits per heavy atom. The third kappa shape index (κ3) is 5.08. The van der Waals surface area contributed by atoms with Gasteiger partial charge in [0.15, 0.2) is 0 Å². The summed E-state index contributed by atoms with van der Waals surface area (Å²) in [7, 11) is -0.403. The number of allylic oxidation sites excluding steroid dienone is 7. The van der Waals surface area contributed by atoms with Crippen molar-refractivity contribution < 1.29 is 22.3 Å². The van der Waals surface area contributed by atoms with Crippen LogP contribution in [0.3, 0.4) is 0 Å². The van der Waals surface area contributed by atoms with Gasteiger partial charge in [-0.1, -0.05) is 78.9 Å².